The smallest absolute Gasteiger partial charge is 0.138 e. The van der Waals surface area contributed by atoms with E-state index in [4.69, 9.17) is 17.0 Å². The Morgan fingerprint density at radius 2 is 2.05 bits per heavy atom. The van der Waals surface area contributed by atoms with Gasteiger partial charge in [0.05, 0.1) is 31.5 Å². The maximum atomic E-state index is 5.51. The molecule has 0 N–H and O–H groups in total. The summed E-state index contributed by atoms with van der Waals surface area (Å²) in [4.78, 5) is 11.6. The molecule has 22 heavy (non-hydrogen) atoms. The first-order valence-corrected chi connectivity index (χ1v) is 9.05. The number of thiocarbonyl (C=S) groups is 1. The minimum Gasteiger partial charge on any atom is -0.379 e. The highest BCUT2D eigenvalue weighted by Gasteiger charge is 2.22. The maximum Gasteiger partial charge on any atom is 0.138 e. The van der Waals surface area contributed by atoms with Gasteiger partial charge in [-0.05, 0) is 12.1 Å². The van der Waals surface area contributed by atoms with Crippen molar-refractivity contribution in [2.24, 2.45) is 0 Å². The van der Waals surface area contributed by atoms with Gasteiger partial charge in [-0.3, -0.25) is 14.8 Å². The monoisotopic (exact) mass is 338 g/mol. The predicted octanol–water partition coefficient (Wildman–Crippen LogP) is 1.46. The van der Waals surface area contributed by atoms with Gasteiger partial charge in [0.2, 0.25) is 0 Å². The molecule has 0 aromatic carbocycles. The number of morpholine rings is 1. The van der Waals surface area contributed by atoms with Gasteiger partial charge in [-0.1, -0.05) is 30.0 Å². The summed E-state index contributed by atoms with van der Waals surface area (Å²) in [6.45, 7) is 7.59. The molecule has 0 aliphatic carbocycles. The van der Waals surface area contributed by atoms with Crippen molar-refractivity contribution in [2.45, 2.75) is 6.54 Å². The number of rotatable bonds is 5. The van der Waals surface area contributed by atoms with E-state index in [2.05, 4.69) is 25.8 Å². The van der Waals surface area contributed by atoms with Crippen molar-refractivity contribution < 1.29 is 4.74 Å². The Morgan fingerprint density at radius 1 is 1.18 bits per heavy atom. The van der Waals surface area contributed by atoms with Crippen LogP contribution >= 0.6 is 24.0 Å². The van der Waals surface area contributed by atoms with Gasteiger partial charge in [-0.15, -0.1) is 0 Å². The fraction of sp³-hybridized carbons (Fsp3) is 0.600. The number of aromatic nitrogens is 1. The van der Waals surface area contributed by atoms with Crippen molar-refractivity contribution in [3.8, 4) is 0 Å². The average molecular weight is 339 g/mol. The van der Waals surface area contributed by atoms with Crippen molar-refractivity contribution in [3.05, 3.63) is 30.1 Å². The molecule has 3 rings (SSSR count). The Morgan fingerprint density at radius 3 is 2.82 bits per heavy atom. The van der Waals surface area contributed by atoms with E-state index < -0.39 is 0 Å². The number of hydrogen-bond acceptors (Lipinski definition) is 6. The van der Waals surface area contributed by atoms with Crippen molar-refractivity contribution in [3.63, 3.8) is 0 Å². The zero-order valence-corrected chi connectivity index (χ0v) is 14.3. The normalized spacial score (nSPS) is 21.3. The Labute approximate surface area is 141 Å². The summed E-state index contributed by atoms with van der Waals surface area (Å²) in [5.74, 6) is 0.948. The van der Waals surface area contributed by atoms with Crippen LogP contribution in [0.25, 0.3) is 0 Å². The van der Waals surface area contributed by atoms with Crippen LogP contribution in [0.5, 0.6) is 0 Å². The molecule has 3 heterocycles. The third-order valence-corrected chi connectivity index (χ3v) is 5.51. The first kappa shape index (κ1) is 16.1. The molecule has 2 saturated heterocycles. The SMILES string of the molecule is S=C1SCN(Cc2ccccn2)CN1CCN1CCOCC1. The van der Waals surface area contributed by atoms with E-state index in [1.54, 1.807) is 11.8 Å². The summed E-state index contributed by atoms with van der Waals surface area (Å²) in [6, 6.07) is 6.08. The lowest BCUT2D eigenvalue weighted by Gasteiger charge is -2.38. The van der Waals surface area contributed by atoms with Crippen LogP contribution < -0.4 is 0 Å². The van der Waals surface area contributed by atoms with Crippen LogP contribution in [0.15, 0.2) is 24.4 Å². The molecule has 0 unspecified atom stereocenters. The van der Waals surface area contributed by atoms with E-state index in [1.165, 1.54) is 0 Å². The number of ether oxygens (including phenoxy) is 1. The second-order valence-electron chi connectivity index (χ2n) is 5.55. The lowest BCUT2D eigenvalue weighted by atomic mass is 10.3. The Hall–Kier alpha value is -0.730. The van der Waals surface area contributed by atoms with Crippen molar-refractivity contribution >= 4 is 28.3 Å². The van der Waals surface area contributed by atoms with Crippen LogP contribution in [-0.2, 0) is 11.3 Å². The van der Waals surface area contributed by atoms with Crippen LogP contribution in [0, 0.1) is 0 Å². The fourth-order valence-electron chi connectivity index (χ4n) is 2.64. The minimum atomic E-state index is 0.852. The minimum absolute atomic E-state index is 0.852. The van der Waals surface area contributed by atoms with E-state index in [0.29, 0.717) is 0 Å². The molecule has 2 aliphatic rings. The lowest BCUT2D eigenvalue weighted by molar-refractivity contribution is 0.0344. The zero-order chi connectivity index (χ0) is 15.2. The second kappa shape index (κ2) is 8.21. The molecular weight excluding hydrogens is 316 g/mol. The summed E-state index contributed by atoms with van der Waals surface area (Å²) in [5.41, 5.74) is 1.11. The van der Waals surface area contributed by atoms with Gasteiger partial charge in [0.1, 0.15) is 4.32 Å². The van der Waals surface area contributed by atoms with Crippen molar-refractivity contribution in [1.82, 2.24) is 19.7 Å². The molecule has 0 amide bonds. The first-order valence-electron chi connectivity index (χ1n) is 7.65. The van der Waals surface area contributed by atoms with E-state index in [1.807, 2.05) is 18.3 Å². The summed E-state index contributed by atoms with van der Waals surface area (Å²) in [5, 5.41) is 0. The topological polar surface area (TPSA) is 31.8 Å². The fourth-order valence-corrected chi connectivity index (χ4v) is 3.75. The first-order chi connectivity index (χ1) is 10.8. The molecular formula is C15H22N4OS2. The third-order valence-electron chi connectivity index (χ3n) is 3.90. The largest absolute Gasteiger partial charge is 0.379 e. The van der Waals surface area contributed by atoms with E-state index in [0.717, 1.165) is 68.5 Å². The summed E-state index contributed by atoms with van der Waals surface area (Å²) in [6.07, 6.45) is 1.85. The van der Waals surface area contributed by atoms with E-state index in [9.17, 15) is 0 Å². The summed E-state index contributed by atoms with van der Waals surface area (Å²) < 4.78 is 6.41. The van der Waals surface area contributed by atoms with Crippen molar-refractivity contribution in [1.29, 1.82) is 0 Å². The molecule has 1 aromatic rings. The Bertz CT molecular complexity index is 482. The van der Waals surface area contributed by atoms with Gasteiger partial charge < -0.3 is 9.64 Å². The van der Waals surface area contributed by atoms with E-state index >= 15 is 0 Å². The summed E-state index contributed by atoms with van der Waals surface area (Å²) in [7, 11) is 0. The number of nitrogens with zero attached hydrogens (tertiary/aromatic N) is 4. The van der Waals surface area contributed by atoms with Gasteiger partial charge in [-0.2, -0.15) is 0 Å². The molecule has 0 spiro atoms. The standard InChI is InChI=1S/C15H22N4OS2/c21-15-19(6-5-17-7-9-20-10-8-17)12-18(13-22-15)11-14-3-1-2-4-16-14/h1-4H,5-13H2. The highest BCUT2D eigenvalue weighted by atomic mass is 32.2. The second-order valence-corrected chi connectivity index (χ2v) is 7.13. The quantitative estimate of drug-likeness (QED) is 0.752. The average Bonchev–Trinajstić information content (AvgIpc) is 2.57. The van der Waals surface area contributed by atoms with Gasteiger partial charge in [0.15, 0.2) is 0 Å². The molecule has 2 aliphatic heterocycles. The maximum absolute atomic E-state index is 5.51. The molecule has 2 fully saturated rings. The third kappa shape index (κ3) is 4.63. The molecule has 0 saturated carbocycles. The molecule has 0 radical (unpaired) electrons. The number of thioether (sulfide) groups is 1. The van der Waals surface area contributed by atoms with Crippen LogP contribution in [0.2, 0.25) is 0 Å². The summed E-state index contributed by atoms with van der Waals surface area (Å²) >= 11 is 7.27. The molecule has 0 bridgehead atoms. The van der Waals surface area contributed by atoms with E-state index in [-0.39, 0.29) is 0 Å². The Balaban J connectivity index is 1.49. The molecule has 5 nitrogen and oxygen atoms in total. The van der Waals surface area contributed by atoms with Gasteiger partial charge >= 0.3 is 0 Å². The predicted molar refractivity (Wildman–Crippen MR) is 93.7 cm³/mol. The van der Waals surface area contributed by atoms with Crippen molar-refractivity contribution in [2.75, 3.05) is 51.9 Å². The number of pyridine rings is 1. The van der Waals surface area contributed by atoms with Crippen LogP contribution in [0.1, 0.15) is 5.69 Å². The van der Waals surface area contributed by atoms with Gasteiger partial charge in [0.25, 0.3) is 0 Å². The van der Waals surface area contributed by atoms with Crippen LogP contribution in [0.4, 0.5) is 0 Å². The molecule has 7 heteroatoms. The number of hydrogen-bond donors (Lipinski definition) is 0. The highest BCUT2D eigenvalue weighted by Crippen LogP contribution is 2.20. The molecule has 1 aromatic heterocycles. The lowest BCUT2D eigenvalue weighted by Crippen LogP contribution is -2.48. The molecule has 120 valence electrons. The Kier molecular flexibility index (Phi) is 6.03. The highest BCUT2D eigenvalue weighted by molar-refractivity contribution is 8.22. The zero-order valence-electron chi connectivity index (χ0n) is 12.7. The van der Waals surface area contributed by atoms with Crippen LogP contribution in [-0.4, -0.2) is 75.9 Å². The van der Waals surface area contributed by atoms with Gasteiger partial charge in [-0.25, -0.2) is 0 Å². The van der Waals surface area contributed by atoms with Gasteiger partial charge in [0, 0.05) is 38.9 Å². The molecule has 0 atom stereocenters. The van der Waals surface area contributed by atoms with Crippen LogP contribution in [0.3, 0.4) is 0 Å².